The van der Waals surface area contributed by atoms with Crippen LogP contribution in [0.3, 0.4) is 0 Å². The van der Waals surface area contributed by atoms with E-state index < -0.39 is 39.1 Å². The van der Waals surface area contributed by atoms with Gasteiger partial charge >= 0.3 is 0 Å². The van der Waals surface area contributed by atoms with Crippen molar-refractivity contribution in [2.24, 2.45) is 0 Å². The molecule has 1 aliphatic rings. The van der Waals surface area contributed by atoms with Crippen molar-refractivity contribution in [1.29, 1.82) is 0 Å². The monoisotopic (exact) mass is 292 g/mol. The van der Waals surface area contributed by atoms with E-state index in [9.17, 15) is 0 Å². The van der Waals surface area contributed by atoms with Gasteiger partial charge in [0.1, 0.15) is 5.69 Å². The summed E-state index contributed by atoms with van der Waals surface area (Å²) in [5.74, 6) is -0.113. The van der Waals surface area contributed by atoms with Crippen LogP contribution in [0.1, 0.15) is 59.6 Å². The van der Waals surface area contributed by atoms with Gasteiger partial charge in [-0.15, -0.1) is 4.37 Å². The van der Waals surface area contributed by atoms with Crippen LogP contribution in [-0.2, 0) is 0 Å². The number of nitrogens with zero attached hydrogens (tertiary/aromatic N) is 3. The maximum Gasteiger partial charge on any atom is 0.253 e. The van der Waals surface area contributed by atoms with Gasteiger partial charge < -0.3 is 9.64 Å². The first-order valence-electron chi connectivity index (χ1n) is 11.3. The molecule has 1 aromatic rings. The van der Waals surface area contributed by atoms with E-state index in [0.29, 0.717) is 18.5 Å². The van der Waals surface area contributed by atoms with Crippen LogP contribution in [0.25, 0.3) is 5.57 Å². The van der Waals surface area contributed by atoms with Crippen molar-refractivity contribution in [2.75, 3.05) is 26.7 Å². The van der Waals surface area contributed by atoms with Gasteiger partial charge in [-0.1, -0.05) is 32.1 Å². The summed E-state index contributed by atoms with van der Waals surface area (Å²) in [4.78, 5) is 1.28. The Kier molecular flexibility index (Phi) is 2.33. The smallest absolute Gasteiger partial charge is 0.253 e. The predicted molar refractivity (Wildman–Crippen MR) is 79.6 cm³/mol. The van der Waals surface area contributed by atoms with Crippen LogP contribution in [0.2, 0.25) is 0 Å². The Labute approximate surface area is 135 Å². The molecule has 0 bridgehead atoms. The van der Waals surface area contributed by atoms with E-state index in [1.807, 2.05) is 0 Å². The molecule has 2 heterocycles. The van der Waals surface area contributed by atoms with Crippen LogP contribution in [0.5, 0.6) is 5.88 Å². The maximum absolute atomic E-state index is 8.01. The molecule has 0 aliphatic carbocycles. The summed E-state index contributed by atoms with van der Waals surface area (Å²) in [7, 11) is 0. The highest BCUT2D eigenvalue weighted by molar-refractivity contribution is 6.99. The summed E-state index contributed by atoms with van der Waals surface area (Å²) in [6.07, 6.45) is -9.70. The Morgan fingerprint density at radius 3 is 3.26 bits per heavy atom. The Balaban J connectivity index is 2.20. The molecule has 106 valence electrons. The second-order valence-corrected chi connectivity index (χ2v) is 4.35. The maximum atomic E-state index is 8.01. The van der Waals surface area contributed by atoms with Crippen molar-refractivity contribution in [3.63, 3.8) is 0 Å². The summed E-state index contributed by atoms with van der Waals surface area (Å²) in [6, 6.07) is 0. The molecule has 4 nitrogen and oxygen atoms in total. The highest BCUT2D eigenvalue weighted by Gasteiger charge is 2.18. The van der Waals surface area contributed by atoms with E-state index in [4.69, 9.17) is 19.8 Å². The molecule has 0 spiro atoms. The van der Waals surface area contributed by atoms with Crippen LogP contribution in [-0.4, -0.2) is 40.3 Å². The zero-order chi connectivity index (χ0) is 23.2. The average molecular weight is 292 g/mol. The second kappa shape index (κ2) is 7.60. The average Bonchev–Trinajstić information content (AvgIpc) is 3.06. The fourth-order valence-corrected chi connectivity index (χ4v) is 2.17. The molecular formula is C14H23N3OS. The number of ether oxygens (including phenoxy) is 1. The first-order chi connectivity index (χ1) is 13.4. The molecular weight excluding hydrogens is 258 g/mol. The lowest BCUT2D eigenvalue weighted by Gasteiger charge is -2.22. The Bertz CT molecular complexity index is 785. The molecule has 0 radical (unpaired) electrons. The van der Waals surface area contributed by atoms with Crippen LogP contribution in [0.4, 0.5) is 0 Å². The van der Waals surface area contributed by atoms with Crippen molar-refractivity contribution in [2.45, 2.75) is 38.8 Å². The van der Waals surface area contributed by atoms with Crippen molar-refractivity contribution >= 4 is 17.3 Å². The van der Waals surface area contributed by atoms with E-state index in [1.165, 1.54) is 4.90 Å². The lowest BCUT2D eigenvalue weighted by Crippen LogP contribution is -2.25. The predicted octanol–water partition coefficient (Wildman–Crippen LogP) is 3.22. The normalized spacial score (nSPS) is 28.7. The third-order valence-corrected chi connectivity index (χ3v) is 2.98. The third kappa shape index (κ3) is 4.28. The van der Waals surface area contributed by atoms with Gasteiger partial charge in [0, 0.05) is 28.2 Å². The first-order valence-corrected chi connectivity index (χ1v) is 6.55. The van der Waals surface area contributed by atoms with Crippen LogP contribution < -0.4 is 4.74 Å². The summed E-state index contributed by atoms with van der Waals surface area (Å²) >= 11 is 0.761. The summed E-state index contributed by atoms with van der Waals surface area (Å²) in [5, 5.41) is 0. The third-order valence-electron chi connectivity index (χ3n) is 2.47. The lowest BCUT2D eigenvalue weighted by molar-refractivity contribution is 0.294. The molecule has 0 atom stereocenters. The topological polar surface area (TPSA) is 38.2 Å². The Morgan fingerprint density at radius 2 is 2.42 bits per heavy atom. The van der Waals surface area contributed by atoms with Gasteiger partial charge in [-0.05, 0) is 25.3 Å². The van der Waals surface area contributed by atoms with Gasteiger partial charge in [0.25, 0.3) is 5.88 Å². The van der Waals surface area contributed by atoms with E-state index in [-0.39, 0.29) is 18.1 Å². The van der Waals surface area contributed by atoms with Crippen molar-refractivity contribution in [1.82, 2.24) is 13.6 Å². The molecule has 2 rings (SSSR count). The molecule has 0 fully saturated rings. The molecule has 0 amide bonds. The van der Waals surface area contributed by atoms with E-state index in [0.717, 1.165) is 18.7 Å². The van der Waals surface area contributed by atoms with E-state index >= 15 is 0 Å². The minimum atomic E-state index is -3.23. The van der Waals surface area contributed by atoms with Crippen LogP contribution >= 0.6 is 11.7 Å². The standard InChI is InChI=1S/C14H23N3OS/c1-3-4-5-6-10-18-14-13(15-19-16-14)12-8-7-9-17(2)11-12/h8H,3-7,9-11H2,1-2H3/i2D3,3D2,4D2,5D2,6D2. The van der Waals surface area contributed by atoms with Crippen molar-refractivity contribution < 1.29 is 19.8 Å². The van der Waals surface area contributed by atoms with Gasteiger partial charge in [-0.25, -0.2) is 0 Å². The molecule has 1 aliphatic heterocycles. The molecule has 5 heteroatoms. The summed E-state index contributed by atoms with van der Waals surface area (Å²) in [5.41, 5.74) is 0.754. The van der Waals surface area contributed by atoms with Crippen molar-refractivity contribution in [3.8, 4) is 5.88 Å². The quantitative estimate of drug-likeness (QED) is 0.773. The SMILES string of the molecule is [2H]C([2H])([2H])N1CCC=C(c2nsnc2OCC([2H])([2H])C([2H])([2H])C([2H])([2H])C([2H])([2H])C)C1. The van der Waals surface area contributed by atoms with Crippen LogP contribution in [0.15, 0.2) is 6.08 Å². The minimum absolute atomic E-state index is 0.0601. The van der Waals surface area contributed by atoms with Gasteiger partial charge in [-0.3, -0.25) is 0 Å². The Morgan fingerprint density at radius 1 is 1.47 bits per heavy atom. The zero-order valence-corrected chi connectivity index (χ0v) is 11.4. The fraction of sp³-hybridized carbons (Fsp3) is 0.714. The van der Waals surface area contributed by atoms with Gasteiger partial charge in [0.15, 0.2) is 0 Å². The lowest BCUT2D eigenvalue weighted by atomic mass is 10.1. The van der Waals surface area contributed by atoms with E-state index in [2.05, 4.69) is 8.75 Å². The highest BCUT2D eigenvalue weighted by atomic mass is 32.1. The minimum Gasteiger partial charge on any atom is -0.475 e. The zero-order valence-electron chi connectivity index (χ0n) is 21.6. The molecule has 0 saturated heterocycles. The largest absolute Gasteiger partial charge is 0.475 e. The number of aromatic nitrogens is 2. The number of hydrogen-bond donors (Lipinski definition) is 0. The fourth-order valence-electron chi connectivity index (χ4n) is 1.63. The highest BCUT2D eigenvalue weighted by Crippen LogP contribution is 2.27. The Hall–Kier alpha value is -0.940. The van der Waals surface area contributed by atoms with Gasteiger partial charge in [-0.2, -0.15) is 4.37 Å². The van der Waals surface area contributed by atoms with Gasteiger partial charge in [0.2, 0.25) is 0 Å². The summed E-state index contributed by atoms with van der Waals surface area (Å²) < 4.78 is 98.6. The molecule has 0 saturated carbocycles. The molecule has 0 N–H and O–H groups in total. The van der Waals surface area contributed by atoms with Gasteiger partial charge in [0.05, 0.1) is 18.3 Å². The molecule has 19 heavy (non-hydrogen) atoms. The van der Waals surface area contributed by atoms with E-state index in [1.54, 1.807) is 6.08 Å². The number of likely N-dealkylation sites (N-methyl/N-ethyl adjacent to an activating group) is 1. The molecule has 0 unspecified atom stereocenters. The second-order valence-electron chi connectivity index (χ2n) is 3.82. The van der Waals surface area contributed by atoms with Crippen molar-refractivity contribution in [3.05, 3.63) is 11.8 Å². The molecule has 1 aromatic heterocycles. The number of rotatable bonds is 7. The molecule has 0 aromatic carbocycles. The summed E-state index contributed by atoms with van der Waals surface area (Å²) in [6.45, 7) is -1.99. The first kappa shape index (κ1) is 5.82. The number of hydrogen-bond acceptors (Lipinski definition) is 5. The van der Waals surface area contributed by atoms with Crippen LogP contribution in [0, 0.1) is 0 Å².